The molecule has 10 heavy (non-hydrogen) atoms. The van der Waals surface area contributed by atoms with Gasteiger partial charge in [0.05, 0.1) is 0 Å². The van der Waals surface area contributed by atoms with Crippen LogP contribution in [0.15, 0.2) is 0 Å². The molecular weight excluding hydrogens is 128 g/mol. The highest BCUT2D eigenvalue weighted by molar-refractivity contribution is 5.66. The first-order valence-corrected chi connectivity index (χ1v) is 3.87. The normalized spacial score (nSPS) is 32.2. The first kappa shape index (κ1) is 7.58. The Morgan fingerprint density at radius 3 is 2.60 bits per heavy atom. The topological polar surface area (TPSA) is 26.3 Å². The Morgan fingerprint density at radius 2 is 2.20 bits per heavy atom. The van der Waals surface area contributed by atoms with E-state index in [4.69, 9.17) is 4.74 Å². The number of carbonyl (C=O) groups excluding carboxylic acids is 1. The second-order valence-corrected chi connectivity index (χ2v) is 3.06. The van der Waals surface area contributed by atoms with E-state index in [0.29, 0.717) is 5.92 Å². The van der Waals surface area contributed by atoms with Crippen molar-refractivity contribution in [1.29, 1.82) is 0 Å². The van der Waals surface area contributed by atoms with E-state index in [1.165, 1.54) is 19.8 Å². The molecule has 2 atom stereocenters. The van der Waals surface area contributed by atoms with E-state index in [9.17, 15) is 4.79 Å². The van der Waals surface area contributed by atoms with Crippen LogP contribution < -0.4 is 0 Å². The number of ether oxygens (including phenoxy) is 1. The summed E-state index contributed by atoms with van der Waals surface area (Å²) in [6, 6.07) is 0. The van der Waals surface area contributed by atoms with Crippen LogP contribution in [-0.4, -0.2) is 12.1 Å². The maximum atomic E-state index is 10.5. The molecule has 0 aromatic rings. The van der Waals surface area contributed by atoms with Crippen molar-refractivity contribution in [2.24, 2.45) is 5.92 Å². The molecule has 0 aliphatic heterocycles. The van der Waals surface area contributed by atoms with Gasteiger partial charge in [0.15, 0.2) is 0 Å². The van der Waals surface area contributed by atoms with Crippen molar-refractivity contribution < 1.29 is 9.53 Å². The molecule has 0 bridgehead atoms. The van der Waals surface area contributed by atoms with Crippen molar-refractivity contribution in [2.45, 2.75) is 39.2 Å². The second-order valence-electron chi connectivity index (χ2n) is 3.06. The summed E-state index contributed by atoms with van der Waals surface area (Å²) in [4.78, 5) is 10.5. The smallest absolute Gasteiger partial charge is 0.302 e. The van der Waals surface area contributed by atoms with E-state index < -0.39 is 0 Å². The third kappa shape index (κ3) is 1.72. The van der Waals surface area contributed by atoms with Crippen LogP contribution in [0.2, 0.25) is 0 Å². The van der Waals surface area contributed by atoms with Crippen molar-refractivity contribution >= 4 is 5.97 Å². The number of rotatable bonds is 1. The molecule has 1 aliphatic carbocycles. The summed E-state index contributed by atoms with van der Waals surface area (Å²) in [5.41, 5.74) is 0. The Balaban J connectivity index is 2.33. The molecule has 0 amide bonds. The third-order valence-electron chi connectivity index (χ3n) is 2.10. The SMILES string of the molecule is CC(=O)O[C@@H]1CCC[C@H]1C. The van der Waals surface area contributed by atoms with E-state index in [-0.39, 0.29) is 12.1 Å². The van der Waals surface area contributed by atoms with Crippen molar-refractivity contribution in [3.05, 3.63) is 0 Å². The number of hydrogen-bond donors (Lipinski definition) is 0. The molecule has 0 unspecified atom stereocenters. The Labute approximate surface area is 61.6 Å². The average molecular weight is 142 g/mol. The lowest BCUT2D eigenvalue weighted by atomic mass is 10.1. The fourth-order valence-corrected chi connectivity index (χ4v) is 1.50. The quantitative estimate of drug-likeness (QED) is 0.521. The van der Waals surface area contributed by atoms with E-state index in [0.717, 1.165) is 6.42 Å². The fourth-order valence-electron chi connectivity index (χ4n) is 1.50. The second kappa shape index (κ2) is 3.04. The molecule has 2 nitrogen and oxygen atoms in total. The molecule has 1 saturated carbocycles. The molecule has 58 valence electrons. The van der Waals surface area contributed by atoms with Crippen LogP contribution >= 0.6 is 0 Å². The van der Waals surface area contributed by atoms with E-state index in [2.05, 4.69) is 6.92 Å². The summed E-state index contributed by atoms with van der Waals surface area (Å²) in [7, 11) is 0. The van der Waals surface area contributed by atoms with Crippen molar-refractivity contribution in [3.8, 4) is 0 Å². The molecule has 0 saturated heterocycles. The molecule has 0 aromatic heterocycles. The standard InChI is InChI=1S/C8H14O2/c1-6-4-3-5-8(6)10-7(2)9/h6,8H,3-5H2,1-2H3/t6-,8-/m1/s1. The summed E-state index contributed by atoms with van der Waals surface area (Å²) < 4.78 is 5.08. The van der Waals surface area contributed by atoms with E-state index in [1.807, 2.05) is 0 Å². The summed E-state index contributed by atoms with van der Waals surface area (Å²) in [6.45, 7) is 3.62. The minimum atomic E-state index is -0.140. The zero-order chi connectivity index (χ0) is 7.56. The first-order valence-electron chi connectivity index (χ1n) is 3.87. The molecule has 1 rings (SSSR count). The van der Waals surface area contributed by atoms with Gasteiger partial charge < -0.3 is 4.74 Å². The highest BCUT2D eigenvalue weighted by Gasteiger charge is 2.25. The van der Waals surface area contributed by atoms with E-state index in [1.54, 1.807) is 0 Å². The molecule has 0 aromatic carbocycles. The first-order chi connectivity index (χ1) is 4.70. The van der Waals surface area contributed by atoms with Crippen LogP contribution in [0.4, 0.5) is 0 Å². The lowest BCUT2D eigenvalue weighted by molar-refractivity contribution is -0.147. The van der Waals surface area contributed by atoms with Gasteiger partial charge in [-0.3, -0.25) is 4.79 Å². The number of hydrogen-bond acceptors (Lipinski definition) is 2. The lowest BCUT2D eigenvalue weighted by Crippen LogP contribution is -2.18. The van der Waals surface area contributed by atoms with Crippen molar-refractivity contribution in [1.82, 2.24) is 0 Å². The Morgan fingerprint density at radius 1 is 1.50 bits per heavy atom. The van der Waals surface area contributed by atoms with Gasteiger partial charge in [0.25, 0.3) is 0 Å². The van der Waals surface area contributed by atoms with Gasteiger partial charge in [-0.2, -0.15) is 0 Å². The zero-order valence-corrected chi connectivity index (χ0v) is 6.59. The molecule has 1 aliphatic rings. The zero-order valence-electron chi connectivity index (χ0n) is 6.59. The summed E-state index contributed by atoms with van der Waals surface area (Å²) >= 11 is 0. The van der Waals surface area contributed by atoms with Gasteiger partial charge in [0.2, 0.25) is 0 Å². The van der Waals surface area contributed by atoms with Crippen LogP contribution in [-0.2, 0) is 9.53 Å². The van der Waals surface area contributed by atoms with Crippen LogP contribution in [0, 0.1) is 5.92 Å². The average Bonchev–Trinajstić information content (AvgIpc) is 2.15. The van der Waals surface area contributed by atoms with Crippen molar-refractivity contribution in [2.75, 3.05) is 0 Å². The molecule has 0 radical (unpaired) electrons. The van der Waals surface area contributed by atoms with Crippen LogP contribution in [0.3, 0.4) is 0 Å². The summed E-state index contributed by atoms with van der Waals surface area (Å²) in [5, 5.41) is 0. The summed E-state index contributed by atoms with van der Waals surface area (Å²) in [5.74, 6) is 0.433. The van der Waals surface area contributed by atoms with Crippen LogP contribution in [0.5, 0.6) is 0 Å². The van der Waals surface area contributed by atoms with Gasteiger partial charge in [-0.1, -0.05) is 6.92 Å². The monoisotopic (exact) mass is 142 g/mol. The van der Waals surface area contributed by atoms with Gasteiger partial charge in [0.1, 0.15) is 6.10 Å². The maximum absolute atomic E-state index is 10.5. The molecule has 0 N–H and O–H groups in total. The van der Waals surface area contributed by atoms with Gasteiger partial charge in [-0.05, 0) is 25.2 Å². The Kier molecular flexibility index (Phi) is 2.30. The predicted molar refractivity (Wildman–Crippen MR) is 38.6 cm³/mol. The van der Waals surface area contributed by atoms with E-state index >= 15 is 0 Å². The Hall–Kier alpha value is -0.530. The van der Waals surface area contributed by atoms with Crippen LogP contribution in [0.25, 0.3) is 0 Å². The molecule has 0 spiro atoms. The Bertz CT molecular complexity index is 131. The molecule has 1 fully saturated rings. The number of carbonyl (C=O) groups is 1. The maximum Gasteiger partial charge on any atom is 0.302 e. The van der Waals surface area contributed by atoms with Crippen molar-refractivity contribution in [3.63, 3.8) is 0 Å². The highest BCUT2D eigenvalue weighted by Crippen LogP contribution is 2.27. The highest BCUT2D eigenvalue weighted by atomic mass is 16.5. The van der Waals surface area contributed by atoms with Gasteiger partial charge in [-0.15, -0.1) is 0 Å². The van der Waals surface area contributed by atoms with Gasteiger partial charge in [0, 0.05) is 6.92 Å². The largest absolute Gasteiger partial charge is 0.462 e. The number of esters is 1. The predicted octanol–water partition coefficient (Wildman–Crippen LogP) is 1.74. The van der Waals surface area contributed by atoms with Gasteiger partial charge in [-0.25, -0.2) is 0 Å². The third-order valence-corrected chi connectivity index (χ3v) is 2.10. The molecule has 2 heteroatoms. The minimum Gasteiger partial charge on any atom is -0.462 e. The summed E-state index contributed by atoms with van der Waals surface area (Å²) in [6.07, 6.45) is 3.68. The molecular formula is C8H14O2. The molecule has 0 heterocycles. The lowest BCUT2D eigenvalue weighted by Gasteiger charge is -2.14. The fraction of sp³-hybridized carbons (Fsp3) is 0.875. The van der Waals surface area contributed by atoms with Crippen LogP contribution in [0.1, 0.15) is 33.1 Å². The van der Waals surface area contributed by atoms with Gasteiger partial charge >= 0.3 is 5.97 Å². The minimum absolute atomic E-state index is 0.140.